The number of rotatable bonds is 7. The molecular weight excluding hydrogens is 323 g/mol. The molecule has 0 aromatic carbocycles. The maximum atomic E-state index is 12.4. The molecule has 0 bridgehead atoms. The van der Waals surface area contributed by atoms with E-state index in [9.17, 15) is 13.4 Å². The summed E-state index contributed by atoms with van der Waals surface area (Å²) in [4.78, 5) is 15.7. The number of amides is 1. The van der Waals surface area contributed by atoms with Crippen molar-refractivity contribution in [2.24, 2.45) is 17.4 Å². The molecular formula is C14H19FN4O3S. The lowest BCUT2D eigenvalue weighted by Crippen LogP contribution is -2.28. The standard InChI is InChI=1S/C14H19FN4O3S/c15-5-10(6-16)9-22-13-2-1-12(7-18-13)23(21)19-4-3-11(8-19)14(17)20/h1-2,5,7,11H,3-4,6,8-9,16H2,(H2,17,20)/b10-5-. The van der Waals surface area contributed by atoms with Crippen LogP contribution in [0.25, 0.3) is 0 Å². The molecule has 0 aliphatic carbocycles. The summed E-state index contributed by atoms with van der Waals surface area (Å²) < 4.78 is 31.8. The zero-order valence-corrected chi connectivity index (χ0v) is 13.3. The van der Waals surface area contributed by atoms with E-state index in [1.54, 1.807) is 16.4 Å². The Labute approximate surface area is 136 Å². The third-order valence-electron chi connectivity index (χ3n) is 3.52. The van der Waals surface area contributed by atoms with Crippen LogP contribution in [0.3, 0.4) is 0 Å². The molecule has 4 N–H and O–H groups in total. The molecule has 2 unspecified atom stereocenters. The fourth-order valence-electron chi connectivity index (χ4n) is 2.12. The van der Waals surface area contributed by atoms with Crippen molar-refractivity contribution in [2.75, 3.05) is 26.2 Å². The molecule has 1 fully saturated rings. The van der Waals surface area contributed by atoms with Crippen molar-refractivity contribution >= 4 is 16.9 Å². The van der Waals surface area contributed by atoms with Gasteiger partial charge in [0, 0.05) is 37.5 Å². The lowest BCUT2D eigenvalue weighted by Gasteiger charge is -2.14. The first-order valence-electron chi connectivity index (χ1n) is 7.08. The minimum atomic E-state index is -1.40. The Morgan fingerprint density at radius 1 is 1.57 bits per heavy atom. The lowest BCUT2D eigenvalue weighted by molar-refractivity contribution is -0.121. The summed E-state index contributed by atoms with van der Waals surface area (Å²) in [7, 11) is -1.40. The largest absolute Gasteiger partial charge is 0.473 e. The van der Waals surface area contributed by atoms with Gasteiger partial charge in [-0.3, -0.25) is 4.79 Å². The van der Waals surface area contributed by atoms with E-state index in [-0.39, 0.29) is 30.9 Å². The van der Waals surface area contributed by atoms with Gasteiger partial charge < -0.3 is 16.2 Å². The summed E-state index contributed by atoms with van der Waals surface area (Å²) in [5.41, 5.74) is 10.9. The van der Waals surface area contributed by atoms with Gasteiger partial charge in [0.05, 0.1) is 17.1 Å². The van der Waals surface area contributed by atoms with Gasteiger partial charge in [0.1, 0.15) is 17.6 Å². The summed E-state index contributed by atoms with van der Waals surface area (Å²) in [6.07, 6.45) is 2.45. The van der Waals surface area contributed by atoms with Gasteiger partial charge in [0.15, 0.2) is 0 Å². The van der Waals surface area contributed by atoms with Gasteiger partial charge in [-0.05, 0) is 12.5 Å². The number of aromatic nitrogens is 1. The normalized spacial score (nSPS) is 20.4. The van der Waals surface area contributed by atoms with Gasteiger partial charge >= 0.3 is 0 Å². The van der Waals surface area contributed by atoms with Crippen LogP contribution in [0.5, 0.6) is 5.88 Å². The molecule has 0 radical (unpaired) electrons. The number of hydrogen-bond acceptors (Lipinski definition) is 5. The highest BCUT2D eigenvalue weighted by molar-refractivity contribution is 7.82. The van der Waals surface area contributed by atoms with Gasteiger partial charge in [-0.15, -0.1) is 0 Å². The number of nitrogens with zero attached hydrogens (tertiary/aromatic N) is 2. The Kier molecular flexibility index (Phi) is 6.20. The van der Waals surface area contributed by atoms with Gasteiger partial charge in [-0.2, -0.15) is 0 Å². The molecule has 7 nitrogen and oxygen atoms in total. The zero-order valence-electron chi connectivity index (χ0n) is 12.5. The number of hydrogen-bond donors (Lipinski definition) is 2. The van der Waals surface area contributed by atoms with Crippen LogP contribution in [-0.2, 0) is 15.8 Å². The van der Waals surface area contributed by atoms with Crippen molar-refractivity contribution in [2.45, 2.75) is 11.3 Å². The molecule has 23 heavy (non-hydrogen) atoms. The molecule has 2 atom stereocenters. The Morgan fingerprint density at radius 3 is 2.87 bits per heavy atom. The number of primary amides is 1. The highest BCUT2D eigenvalue weighted by Gasteiger charge is 2.30. The summed E-state index contributed by atoms with van der Waals surface area (Å²) in [5, 5.41) is 0. The van der Waals surface area contributed by atoms with Crippen LogP contribution in [0.15, 0.2) is 35.1 Å². The number of carbonyl (C=O) groups is 1. The van der Waals surface area contributed by atoms with Crippen LogP contribution in [0.4, 0.5) is 4.39 Å². The lowest BCUT2D eigenvalue weighted by atomic mass is 10.1. The number of nitrogens with two attached hydrogens (primary N) is 2. The van der Waals surface area contributed by atoms with Crippen LogP contribution in [0, 0.1) is 5.92 Å². The highest BCUT2D eigenvalue weighted by Crippen LogP contribution is 2.21. The Balaban J connectivity index is 1.94. The molecule has 9 heteroatoms. The second kappa shape index (κ2) is 8.14. The van der Waals surface area contributed by atoms with Crippen LogP contribution in [0.1, 0.15) is 6.42 Å². The van der Waals surface area contributed by atoms with Crippen LogP contribution < -0.4 is 16.2 Å². The topological polar surface area (TPSA) is 112 Å². The second-order valence-electron chi connectivity index (χ2n) is 5.12. The SMILES string of the molecule is NC/C(=C/F)COc1ccc(S(=O)N2CCC(C(N)=O)C2)cn1. The first-order valence-corrected chi connectivity index (χ1v) is 8.19. The van der Waals surface area contributed by atoms with Gasteiger partial charge in [-0.1, -0.05) is 0 Å². The maximum absolute atomic E-state index is 12.4. The molecule has 1 saturated heterocycles. The third kappa shape index (κ3) is 4.57. The molecule has 126 valence electrons. The number of halogens is 1. The Hall–Kier alpha value is -1.84. The molecule has 1 aliphatic heterocycles. The van der Waals surface area contributed by atoms with E-state index in [1.165, 1.54) is 6.20 Å². The summed E-state index contributed by atoms with van der Waals surface area (Å²) >= 11 is 0. The number of pyridine rings is 1. The van der Waals surface area contributed by atoms with E-state index in [0.29, 0.717) is 36.3 Å². The fraction of sp³-hybridized carbons (Fsp3) is 0.429. The van der Waals surface area contributed by atoms with Crippen molar-refractivity contribution in [1.29, 1.82) is 0 Å². The maximum Gasteiger partial charge on any atom is 0.221 e. The fourth-order valence-corrected chi connectivity index (χ4v) is 3.33. The molecule has 1 aliphatic rings. The zero-order chi connectivity index (χ0) is 16.8. The average molecular weight is 342 g/mol. The van der Waals surface area contributed by atoms with Gasteiger partial charge in [0.25, 0.3) is 0 Å². The minimum absolute atomic E-state index is 0.00878. The molecule has 0 saturated carbocycles. The molecule has 1 aromatic rings. The highest BCUT2D eigenvalue weighted by atomic mass is 32.2. The van der Waals surface area contributed by atoms with Crippen molar-refractivity contribution in [3.05, 3.63) is 30.2 Å². The second-order valence-corrected chi connectivity index (χ2v) is 6.60. The quantitative estimate of drug-likeness (QED) is 0.730. The predicted octanol–water partition coefficient (Wildman–Crippen LogP) is 0.102. The van der Waals surface area contributed by atoms with Gasteiger partial charge in [-0.25, -0.2) is 17.9 Å². The van der Waals surface area contributed by atoms with Crippen LogP contribution >= 0.6 is 0 Å². The van der Waals surface area contributed by atoms with E-state index < -0.39 is 11.0 Å². The molecule has 1 aromatic heterocycles. The summed E-state index contributed by atoms with van der Waals surface area (Å²) in [6, 6.07) is 3.18. The van der Waals surface area contributed by atoms with E-state index >= 15 is 0 Å². The van der Waals surface area contributed by atoms with E-state index in [2.05, 4.69) is 4.98 Å². The first-order chi connectivity index (χ1) is 11.0. The predicted molar refractivity (Wildman–Crippen MR) is 83.3 cm³/mol. The van der Waals surface area contributed by atoms with Crippen LogP contribution in [-0.4, -0.2) is 45.6 Å². The van der Waals surface area contributed by atoms with E-state index in [0.717, 1.165) is 0 Å². The van der Waals surface area contributed by atoms with Crippen LogP contribution in [0.2, 0.25) is 0 Å². The van der Waals surface area contributed by atoms with Crippen molar-refractivity contribution in [3.8, 4) is 5.88 Å². The molecule has 2 heterocycles. The number of carbonyl (C=O) groups excluding carboxylic acids is 1. The smallest absolute Gasteiger partial charge is 0.221 e. The monoisotopic (exact) mass is 342 g/mol. The van der Waals surface area contributed by atoms with Crippen molar-refractivity contribution < 1.29 is 18.1 Å². The molecule has 2 rings (SSSR count). The summed E-state index contributed by atoms with van der Waals surface area (Å²) in [6.45, 7) is 0.990. The van der Waals surface area contributed by atoms with Gasteiger partial charge in [0.2, 0.25) is 11.8 Å². The molecule has 1 amide bonds. The van der Waals surface area contributed by atoms with Crippen molar-refractivity contribution in [3.63, 3.8) is 0 Å². The molecule has 0 spiro atoms. The number of ether oxygens (including phenoxy) is 1. The van der Waals surface area contributed by atoms with Crippen molar-refractivity contribution in [1.82, 2.24) is 9.29 Å². The first kappa shape index (κ1) is 17.5. The Morgan fingerprint density at radius 2 is 2.35 bits per heavy atom. The third-order valence-corrected chi connectivity index (χ3v) is 4.97. The summed E-state index contributed by atoms with van der Waals surface area (Å²) in [5.74, 6) is -0.352. The Bertz CT molecular complexity index is 609. The minimum Gasteiger partial charge on any atom is -0.473 e. The average Bonchev–Trinajstić information content (AvgIpc) is 3.06. The van der Waals surface area contributed by atoms with E-state index in [1.807, 2.05) is 0 Å². The van der Waals surface area contributed by atoms with E-state index in [4.69, 9.17) is 16.2 Å².